The molecule has 1 aliphatic heterocycles. The van der Waals surface area contributed by atoms with Gasteiger partial charge in [0.25, 0.3) is 5.91 Å². The second-order valence-corrected chi connectivity index (χ2v) is 10.2. The molecule has 1 unspecified atom stereocenters. The van der Waals surface area contributed by atoms with Gasteiger partial charge in [0, 0.05) is 11.6 Å². The summed E-state index contributed by atoms with van der Waals surface area (Å²) in [5, 5.41) is 0. The molecule has 6 nitrogen and oxygen atoms in total. The highest BCUT2D eigenvalue weighted by molar-refractivity contribution is 7.91. The fraction of sp³-hybridized carbons (Fsp3) is 0.522. The second-order valence-electron chi connectivity index (χ2n) is 7.94. The molecule has 164 valence electrons. The maximum Gasteiger partial charge on any atom is 0.254 e. The van der Waals surface area contributed by atoms with E-state index < -0.39 is 9.84 Å². The molecule has 7 heteroatoms. The Labute approximate surface area is 179 Å². The molecule has 1 aliphatic rings. The van der Waals surface area contributed by atoms with Crippen molar-refractivity contribution in [2.24, 2.45) is 0 Å². The molecule has 0 bridgehead atoms. The van der Waals surface area contributed by atoms with E-state index in [1.54, 1.807) is 29.2 Å². The molecule has 1 amide bonds. The molecular weight excluding hydrogens is 402 g/mol. The van der Waals surface area contributed by atoms with Crippen molar-refractivity contribution in [3.63, 3.8) is 0 Å². The topological polar surface area (TPSA) is 76.8 Å². The Kier molecular flexibility index (Phi) is 7.58. The van der Waals surface area contributed by atoms with Crippen molar-refractivity contribution in [2.75, 3.05) is 18.1 Å². The van der Waals surface area contributed by atoms with Gasteiger partial charge in [0.15, 0.2) is 9.84 Å². The summed E-state index contributed by atoms with van der Waals surface area (Å²) >= 11 is 0. The maximum atomic E-state index is 13.2. The Morgan fingerprint density at radius 3 is 2.50 bits per heavy atom. The van der Waals surface area contributed by atoms with Gasteiger partial charge >= 0.3 is 0 Å². The van der Waals surface area contributed by atoms with Crippen LogP contribution in [0.15, 0.2) is 40.8 Å². The minimum absolute atomic E-state index is 0.00259. The number of amides is 1. The third-order valence-electron chi connectivity index (χ3n) is 5.40. The molecule has 0 aliphatic carbocycles. The summed E-state index contributed by atoms with van der Waals surface area (Å²) in [6.07, 6.45) is 5.01. The van der Waals surface area contributed by atoms with Gasteiger partial charge in [0.2, 0.25) is 0 Å². The van der Waals surface area contributed by atoms with E-state index in [0.29, 0.717) is 24.4 Å². The Hall–Kier alpha value is -2.28. The zero-order valence-electron chi connectivity index (χ0n) is 17.8. The van der Waals surface area contributed by atoms with Gasteiger partial charge in [-0.1, -0.05) is 26.2 Å². The first-order chi connectivity index (χ1) is 14.4. The zero-order valence-corrected chi connectivity index (χ0v) is 18.6. The minimum Gasteiger partial charge on any atom is -0.494 e. The van der Waals surface area contributed by atoms with Crippen molar-refractivity contribution in [1.82, 2.24) is 4.90 Å². The van der Waals surface area contributed by atoms with Crippen molar-refractivity contribution in [1.29, 1.82) is 0 Å². The number of sulfone groups is 1. The molecule has 1 aromatic carbocycles. The van der Waals surface area contributed by atoms with Crippen LogP contribution in [0, 0.1) is 6.92 Å². The smallest absolute Gasteiger partial charge is 0.254 e. The predicted octanol–water partition coefficient (Wildman–Crippen LogP) is 4.38. The monoisotopic (exact) mass is 433 g/mol. The van der Waals surface area contributed by atoms with Crippen LogP contribution in [-0.2, 0) is 16.4 Å². The Morgan fingerprint density at radius 1 is 1.13 bits per heavy atom. The lowest BCUT2D eigenvalue weighted by Gasteiger charge is -2.27. The number of rotatable bonds is 10. The van der Waals surface area contributed by atoms with Crippen LogP contribution in [0.3, 0.4) is 0 Å². The summed E-state index contributed by atoms with van der Waals surface area (Å²) in [5.74, 6) is 2.07. The molecule has 0 spiro atoms. The Bertz CT molecular complexity index is 933. The number of carbonyl (C=O) groups is 1. The average molecular weight is 434 g/mol. The summed E-state index contributed by atoms with van der Waals surface area (Å²) in [6, 6.07) is 10.4. The maximum absolute atomic E-state index is 13.2. The van der Waals surface area contributed by atoms with Gasteiger partial charge in [-0.2, -0.15) is 0 Å². The first-order valence-corrected chi connectivity index (χ1v) is 12.5. The lowest BCUT2D eigenvalue weighted by molar-refractivity contribution is 0.0665. The van der Waals surface area contributed by atoms with Gasteiger partial charge < -0.3 is 14.1 Å². The summed E-state index contributed by atoms with van der Waals surface area (Å²) < 4.78 is 35.4. The van der Waals surface area contributed by atoms with E-state index in [1.807, 2.05) is 19.1 Å². The van der Waals surface area contributed by atoms with E-state index in [4.69, 9.17) is 9.15 Å². The van der Waals surface area contributed by atoms with Crippen LogP contribution in [0.4, 0.5) is 0 Å². The molecule has 30 heavy (non-hydrogen) atoms. The number of unbranched alkanes of at least 4 members (excludes halogenated alkanes) is 3. The fourth-order valence-corrected chi connectivity index (χ4v) is 5.44. The van der Waals surface area contributed by atoms with Crippen LogP contribution < -0.4 is 4.74 Å². The zero-order chi connectivity index (χ0) is 21.6. The number of ether oxygens (including phenoxy) is 1. The number of hydrogen-bond acceptors (Lipinski definition) is 5. The highest BCUT2D eigenvalue weighted by atomic mass is 32.2. The SMILES string of the molecule is CCCCCCOc1ccc(C(=O)N(Cc2ccc(C)o2)C2CCS(=O)(=O)C2)cc1. The Morgan fingerprint density at radius 2 is 1.90 bits per heavy atom. The lowest BCUT2D eigenvalue weighted by atomic mass is 10.1. The fourth-order valence-electron chi connectivity index (χ4n) is 3.70. The van der Waals surface area contributed by atoms with E-state index in [0.717, 1.165) is 24.4 Å². The first kappa shape index (κ1) is 22.4. The largest absolute Gasteiger partial charge is 0.494 e. The van der Waals surface area contributed by atoms with Crippen molar-refractivity contribution >= 4 is 15.7 Å². The van der Waals surface area contributed by atoms with Crippen LogP contribution in [0.25, 0.3) is 0 Å². The van der Waals surface area contributed by atoms with E-state index in [2.05, 4.69) is 6.92 Å². The number of benzene rings is 1. The standard InChI is InChI=1S/C23H31NO5S/c1-3-4-5-6-14-28-21-11-8-19(9-12-21)23(25)24(16-22-10-7-18(2)29-22)20-13-15-30(26,27)17-20/h7-12,20H,3-6,13-17H2,1-2H3. The molecule has 1 aromatic heterocycles. The van der Waals surface area contributed by atoms with Gasteiger partial charge in [-0.05, 0) is 56.2 Å². The third-order valence-corrected chi connectivity index (χ3v) is 7.15. The highest BCUT2D eigenvalue weighted by Crippen LogP contribution is 2.24. The van der Waals surface area contributed by atoms with E-state index in [-0.39, 0.29) is 30.0 Å². The Balaban J connectivity index is 1.69. The molecular formula is C23H31NO5S. The number of carbonyl (C=O) groups excluding carboxylic acids is 1. The van der Waals surface area contributed by atoms with Crippen molar-refractivity contribution in [3.05, 3.63) is 53.5 Å². The summed E-state index contributed by atoms with van der Waals surface area (Å²) in [6.45, 7) is 4.93. The second kappa shape index (κ2) is 10.2. The van der Waals surface area contributed by atoms with Gasteiger partial charge in [-0.25, -0.2) is 8.42 Å². The average Bonchev–Trinajstić information content (AvgIpc) is 3.30. The molecule has 0 N–H and O–H groups in total. The molecule has 1 saturated heterocycles. The molecule has 3 rings (SSSR count). The number of hydrogen-bond donors (Lipinski definition) is 0. The van der Waals surface area contributed by atoms with E-state index in [1.165, 1.54) is 12.8 Å². The van der Waals surface area contributed by atoms with Crippen LogP contribution >= 0.6 is 0 Å². The quantitative estimate of drug-likeness (QED) is 0.520. The van der Waals surface area contributed by atoms with Crippen molar-refractivity contribution in [3.8, 4) is 5.75 Å². The van der Waals surface area contributed by atoms with Gasteiger partial charge in [0.05, 0.1) is 24.7 Å². The van der Waals surface area contributed by atoms with E-state index in [9.17, 15) is 13.2 Å². The molecule has 2 aromatic rings. The van der Waals surface area contributed by atoms with Crippen LogP contribution in [-0.4, -0.2) is 43.4 Å². The highest BCUT2D eigenvalue weighted by Gasteiger charge is 2.35. The normalized spacial score (nSPS) is 17.7. The summed E-state index contributed by atoms with van der Waals surface area (Å²) in [5.41, 5.74) is 0.515. The molecule has 0 radical (unpaired) electrons. The van der Waals surface area contributed by atoms with Gasteiger partial charge in [-0.15, -0.1) is 0 Å². The molecule has 0 saturated carbocycles. The van der Waals surface area contributed by atoms with Gasteiger partial charge in [0.1, 0.15) is 17.3 Å². The van der Waals surface area contributed by atoms with Crippen LogP contribution in [0.5, 0.6) is 5.75 Å². The summed E-state index contributed by atoms with van der Waals surface area (Å²) in [4.78, 5) is 14.9. The number of furan rings is 1. The molecule has 1 fully saturated rings. The minimum atomic E-state index is -3.11. The van der Waals surface area contributed by atoms with Crippen LogP contribution in [0.1, 0.15) is 60.9 Å². The third kappa shape index (κ3) is 6.11. The van der Waals surface area contributed by atoms with E-state index >= 15 is 0 Å². The van der Waals surface area contributed by atoms with Crippen LogP contribution in [0.2, 0.25) is 0 Å². The predicted molar refractivity (Wildman–Crippen MR) is 116 cm³/mol. The van der Waals surface area contributed by atoms with Crippen molar-refractivity contribution in [2.45, 2.75) is 58.5 Å². The van der Waals surface area contributed by atoms with Gasteiger partial charge in [-0.3, -0.25) is 4.79 Å². The number of aryl methyl sites for hydroxylation is 1. The molecule has 2 heterocycles. The van der Waals surface area contributed by atoms with Crippen molar-refractivity contribution < 1.29 is 22.4 Å². The summed E-state index contributed by atoms with van der Waals surface area (Å²) in [7, 11) is -3.11. The first-order valence-electron chi connectivity index (χ1n) is 10.7. The molecule has 1 atom stereocenters. The lowest BCUT2D eigenvalue weighted by Crippen LogP contribution is -2.40. The number of nitrogens with zero attached hydrogens (tertiary/aromatic N) is 1.